The molecule has 164 valence electrons. The highest BCUT2D eigenvalue weighted by Crippen LogP contribution is 2.42. The topological polar surface area (TPSA) is 47.1 Å². The first kappa shape index (κ1) is 21.1. The van der Waals surface area contributed by atoms with E-state index in [2.05, 4.69) is 35.5 Å². The van der Waals surface area contributed by atoms with Gasteiger partial charge in [0, 0.05) is 77.3 Å². The molecule has 2 amide bonds. The quantitative estimate of drug-likeness (QED) is 0.704. The smallest absolute Gasteiger partial charge is 0.222 e. The van der Waals surface area contributed by atoms with E-state index in [-0.39, 0.29) is 5.91 Å². The number of carbonyl (C=O) groups is 2. The summed E-state index contributed by atoms with van der Waals surface area (Å²) in [5.74, 6) is 1.28. The molecule has 0 bridgehead atoms. The predicted molar refractivity (Wildman–Crippen MR) is 115 cm³/mol. The summed E-state index contributed by atoms with van der Waals surface area (Å²) in [5.41, 5.74) is 0.427. The summed E-state index contributed by atoms with van der Waals surface area (Å²) < 4.78 is 0. The molecule has 0 aromatic carbocycles. The van der Waals surface area contributed by atoms with Gasteiger partial charge >= 0.3 is 0 Å². The molecule has 6 heteroatoms. The van der Waals surface area contributed by atoms with Crippen LogP contribution in [0.4, 0.5) is 0 Å². The number of piperidine rings is 1. The number of fused-ring (bicyclic) bond motifs is 1. The largest absolute Gasteiger partial charge is 0.343 e. The molecular formula is C23H40N4O2. The van der Waals surface area contributed by atoms with Crippen LogP contribution in [0.1, 0.15) is 59.8 Å². The molecular weight excluding hydrogens is 364 g/mol. The highest BCUT2D eigenvalue weighted by molar-refractivity contribution is 5.77. The highest BCUT2D eigenvalue weighted by Gasteiger charge is 2.47. The predicted octanol–water partition coefficient (Wildman–Crippen LogP) is 2.04. The van der Waals surface area contributed by atoms with Crippen LogP contribution in [0.25, 0.3) is 0 Å². The van der Waals surface area contributed by atoms with Crippen LogP contribution in [0.5, 0.6) is 0 Å². The van der Waals surface area contributed by atoms with E-state index >= 15 is 0 Å². The molecule has 0 N–H and O–H groups in total. The highest BCUT2D eigenvalue weighted by atomic mass is 16.2. The molecule has 4 rings (SSSR count). The molecule has 4 aliphatic rings. The maximum absolute atomic E-state index is 12.9. The molecule has 6 nitrogen and oxygen atoms in total. The Kier molecular flexibility index (Phi) is 5.95. The fourth-order valence-corrected chi connectivity index (χ4v) is 6.12. The number of carbonyl (C=O) groups excluding carboxylic acids is 2. The molecule has 3 atom stereocenters. The molecule has 4 heterocycles. The van der Waals surface area contributed by atoms with Crippen molar-refractivity contribution in [1.29, 1.82) is 0 Å². The molecule has 1 spiro atoms. The molecule has 0 aromatic rings. The monoisotopic (exact) mass is 404 g/mol. The van der Waals surface area contributed by atoms with Gasteiger partial charge in [-0.25, -0.2) is 0 Å². The molecule has 4 aliphatic heterocycles. The van der Waals surface area contributed by atoms with E-state index in [0.29, 0.717) is 41.8 Å². The normalized spacial score (nSPS) is 30.7. The number of amides is 2. The van der Waals surface area contributed by atoms with Crippen molar-refractivity contribution in [2.75, 3.05) is 45.8 Å². The van der Waals surface area contributed by atoms with E-state index in [1.807, 2.05) is 4.90 Å². The van der Waals surface area contributed by atoms with E-state index in [4.69, 9.17) is 0 Å². The van der Waals surface area contributed by atoms with Crippen LogP contribution in [-0.4, -0.2) is 95.4 Å². The molecule has 0 radical (unpaired) electrons. The van der Waals surface area contributed by atoms with Gasteiger partial charge in [0.2, 0.25) is 11.8 Å². The van der Waals surface area contributed by atoms with E-state index in [0.717, 1.165) is 58.5 Å². The second-order valence-electron chi connectivity index (χ2n) is 10.5. The van der Waals surface area contributed by atoms with Gasteiger partial charge < -0.3 is 9.80 Å². The maximum Gasteiger partial charge on any atom is 0.222 e. The second-order valence-corrected chi connectivity index (χ2v) is 10.5. The first-order valence-corrected chi connectivity index (χ1v) is 11.8. The lowest BCUT2D eigenvalue weighted by molar-refractivity contribution is -0.135. The van der Waals surface area contributed by atoms with Crippen LogP contribution < -0.4 is 0 Å². The first-order chi connectivity index (χ1) is 13.8. The fourth-order valence-electron chi connectivity index (χ4n) is 6.12. The van der Waals surface area contributed by atoms with Gasteiger partial charge in [-0.15, -0.1) is 0 Å². The Labute approximate surface area is 176 Å². The lowest BCUT2D eigenvalue weighted by Crippen LogP contribution is -2.62. The van der Waals surface area contributed by atoms with E-state index in [9.17, 15) is 9.59 Å². The molecule has 3 unspecified atom stereocenters. The fraction of sp³-hybridized carbons (Fsp3) is 0.913. The van der Waals surface area contributed by atoms with Crippen molar-refractivity contribution in [1.82, 2.24) is 19.6 Å². The van der Waals surface area contributed by atoms with Crippen molar-refractivity contribution in [2.24, 2.45) is 11.3 Å². The average molecular weight is 405 g/mol. The number of nitrogens with zero attached hydrogens (tertiary/aromatic N) is 4. The summed E-state index contributed by atoms with van der Waals surface area (Å²) in [6, 6.07) is 1.52. The summed E-state index contributed by atoms with van der Waals surface area (Å²) >= 11 is 0. The first-order valence-electron chi connectivity index (χ1n) is 11.8. The van der Waals surface area contributed by atoms with Gasteiger partial charge in [0.15, 0.2) is 0 Å². The Morgan fingerprint density at radius 1 is 1.00 bits per heavy atom. The van der Waals surface area contributed by atoms with Crippen LogP contribution in [0.15, 0.2) is 0 Å². The molecule has 0 aromatic heterocycles. The van der Waals surface area contributed by atoms with Crippen LogP contribution in [0.3, 0.4) is 0 Å². The molecule has 4 saturated heterocycles. The zero-order valence-corrected chi connectivity index (χ0v) is 18.9. The SMILES string of the molecule is CC(=O)N1CCC2(CC1)CN(C(C)CCC(=O)N1CCC3CN(C(C)C)CC31)C2. The molecule has 0 aliphatic carbocycles. The Morgan fingerprint density at radius 2 is 1.69 bits per heavy atom. The Balaban J connectivity index is 1.20. The minimum atomic E-state index is 0.214. The van der Waals surface area contributed by atoms with Gasteiger partial charge in [0.25, 0.3) is 0 Å². The minimum Gasteiger partial charge on any atom is -0.343 e. The van der Waals surface area contributed by atoms with Gasteiger partial charge in [-0.2, -0.15) is 0 Å². The van der Waals surface area contributed by atoms with Crippen LogP contribution >= 0.6 is 0 Å². The summed E-state index contributed by atoms with van der Waals surface area (Å²) in [6.45, 7) is 15.8. The van der Waals surface area contributed by atoms with Crippen molar-refractivity contribution < 1.29 is 9.59 Å². The summed E-state index contributed by atoms with van der Waals surface area (Å²) in [6.07, 6.45) is 5.11. The summed E-state index contributed by atoms with van der Waals surface area (Å²) in [5, 5.41) is 0. The van der Waals surface area contributed by atoms with Crippen molar-refractivity contribution in [3.63, 3.8) is 0 Å². The van der Waals surface area contributed by atoms with Crippen molar-refractivity contribution in [3.8, 4) is 0 Å². The van der Waals surface area contributed by atoms with Crippen LogP contribution in [-0.2, 0) is 9.59 Å². The Morgan fingerprint density at radius 3 is 2.31 bits per heavy atom. The van der Waals surface area contributed by atoms with E-state index < -0.39 is 0 Å². The van der Waals surface area contributed by atoms with E-state index in [1.165, 1.54) is 13.0 Å². The van der Waals surface area contributed by atoms with Crippen molar-refractivity contribution in [3.05, 3.63) is 0 Å². The van der Waals surface area contributed by atoms with Crippen molar-refractivity contribution >= 4 is 11.8 Å². The number of hydrogen-bond donors (Lipinski definition) is 0. The third-order valence-electron chi connectivity index (χ3n) is 8.37. The summed E-state index contributed by atoms with van der Waals surface area (Å²) in [7, 11) is 0. The lowest BCUT2D eigenvalue weighted by atomic mass is 9.71. The van der Waals surface area contributed by atoms with Gasteiger partial charge in [-0.3, -0.25) is 19.4 Å². The number of rotatable bonds is 5. The zero-order chi connectivity index (χ0) is 20.8. The lowest BCUT2D eigenvalue weighted by Gasteiger charge is -2.56. The Bertz CT molecular complexity index is 620. The van der Waals surface area contributed by atoms with Gasteiger partial charge in [-0.05, 0) is 57.8 Å². The minimum absolute atomic E-state index is 0.214. The van der Waals surface area contributed by atoms with Crippen LogP contribution in [0.2, 0.25) is 0 Å². The second kappa shape index (κ2) is 8.18. The van der Waals surface area contributed by atoms with Gasteiger partial charge in [-0.1, -0.05) is 0 Å². The summed E-state index contributed by atoms with van der Waals surface area (Å²) in [4.78, 5) is 33.8. The standard InChI is InChI=1S/C23H40N4O2/c1-17(2)25-13-20-7-10-27(21(20)14-25)22(29)6-5-18(3)26-15-23(16-26)8-11-24(12-9-23)19(4)28/h17-18,20-21H,5-16H2,1-4H3. The van der Waals surface area contributed by atoms with Gasteiger partial charge in [0.1, 0.15) is 0 Å². The van der Waals surface area contributed by atoms with Gasteiger partial charge in [0.05, 0.1) is 0 Å². The third kappa shape index (κ3) is 4.20. The van der Waals surface area contributed by atoms with Crippen molar-refractivity contribution in [2.45, 2.75) is 77.9 Å². The average Bonchev–Trinajstić information content (AvgIpc) is 3.24. The zero-order valence-electron chi connectivity index (χ0n) is 18.9. The number of hydrogen-bond acceptors (Lipinski definition) is 4. The molecule has 29 heavy (non-hydrogen) atoms. The maximum atomic E-state index is 12.9. The Hall–Kier alpha value is -1.14. The number of likely N-dealkylation sites (tertiary alicyclic amines) is 4. The third-order valence-corrected chi connectivity index (χ3v) is 8.37. The molecule has 0 saturated carbocycles. The van der Waals surface area contributed by atoms with E-state index in [1.54, 1.807) is 6.92 Å². The molecule has 4 fully saturated rings. The van der Waals surface area contributed by atoms with Crippen LogP contribution in [0, 0.1) is 11.3 Å².